The minimum absolute atomic E-state index is 0.137. The molecule has 1 saturated heterocycles. The summed E-state index contributed by atoms with van der Waals surface area (Å²) >= 11 is 12.2. The van der Waals surface area contributed by atoms with Crippen LogP contribution in [-0.2, 0) is 0 Å². The van der Waals surface area contributed by atoms with Gasteiger partial charge in [0.05, 0.1) is 4.92 Å². The lowest BCUT2D eigenvalue weighted by Gasteiger charge is -2.36. The molecule has 1 fully saturated rings. The van der Waals surface area contributed by atoms with E-state index in [1.807, 2.05) is 42.2 Å². The monoisotopic (exact) mass is 458 g/mol. The lowest BCUT2D eigenvalue weighted by atomic mass is 10.2. The number of nitrogens with one attached hydrogen (secondary N) is 1. The number of aromatic nitrogens is 2. The number of hydrogen-bond donors (Lipinski definition) is 1. The number of nitrogens with zero attached hydrogens (tertiary/aromatic N) is 5. The Kier molecular flexibility index (Phi) is 6.11. The van der Waals surface area contributed by atoms with Crippen molar-refractivity contribution in [2.24, 2.45) is 0 Å². The molecule has 0 amide bonds. The first-order valence-corrected chi connectivity index (χ1v) is 10.5. The van der Waals surface area contributed by atoms with Crippen molar-refractivity contribution in [3.63, 3.8) is 0 Å². The van der Waals surface area contributed by atoms with Gasteiger partial charge in [0.25, 0.3) is 0 Å². The van der Waals surface area contributed by atoms with Crippen molar-refractivity contribution in [2.75, 3.05) is 41.3 Å². The summed E-state index contributed by atoms with van der Waals surface area (Å²) in [5.41, 5.74) is 2.43. The fraction of sp³-hybridized carbons (Fsp3) is 0.238. The molecule has 1 aromatic heterocycles. The summed E-state index contributed by atoms with van der Waals surface area (Å²) in [6.45, 7) is 4.44. The molecule has 8 nitrogen and oxygen atoms in total. The normalized spacial score (nSPS) is 13.9. The van der Waals surface area contributed by atoms with Gasteiger partial charge in [0, 0.05) is 47.6 Å². The summed E-state index contributed by atoms with van der Waals surface area (Å²) in [4.78, 5) is 24.0. The summed E-state index contributed by atoms with van der Waals surface area (Å²) < 4.78 is 0. The Morgan fingerprint density at radius 1 is 1.00 bits per heavy atom. The molecule has 1 N–H and O–H groups in total. The van der Waals surface area contributed by atoms with E-state index < -0.39 is 4.92 Å². The number of rotatable bonds is 5. The van der Waals surface area contributed by atoms with Crippen LogP contribution in [0.2, 0.25) is 10.0 Å². The summed E-state index contributed by atoms with van der Waals surface area (Å²) in [6.07, 6.45) is 1.34. The molecule has 3 aromatic rings. The molecule has 2 heterocycles. The zero-order chi connectivity index (χ0) is 22.0. The van der Waals surface area contributed by atoms with E-state index in [9.17, 15) is 10.1 Å². The van der Waals surface area contributed by atoms with Crippen molar-refractivity contribution in [3.8, 4) is 0 Å². The number of benzene rings is 2. The Hall–Kier alpha value is -3.10. The molecule has 10 heteroatoms. The molecule has 31 heavy (non-hydrogen) atoms. The van der Waals surface area contributed by atoms with Gasteiger partial charge in [0.1, 0.15) is 6.33 Å². The van der Waals surface area contributed by atoms with Crippen molar-refractivity contribution in [1.29, 1.82) is 0 Å². The fourth-order valence-corrected chi connectivity index (χ4v) is 3.92. The summed E-state index contributed by atoms with van der Waals surface area (Å²) in [7, 11) is 0. The van der Waals surface area contributed by atoms with E-state index in [0.717, 1.165) is 11.3 Å². The Morgan fingerprint density at radius 3 is 2.42 bits per heavy atom. The standard InChI is InChI=1S/C21H20Cl2N6O2/c1-14-5-6-16(23)12-18(14)26-20-19(29(30)31)21(25-13-24-20)28-9-7-27(8-10-28)17-4-2-3-15(22)11-17/h2-6,11-13H,7-10H2,1H3,(H,24,25,26). The van der Waals surface area contributed by atoms with Crippen LogP contribution in [0.1, 0.15) is 5.56 Å². The van der Waals surface area contributed by atoms with Gasteiger partial charge in [-0.15, -0.1) is 0 Å². The Morgan fingerprint density at radius 2 is 1.71 bits per heavy atom. The number of anilines is 4. The number of halogens is 2. The molecule has 0 saturated carbocycles. The largest absolute Gasteiger partial charge is 0.368 e. The molecule has 0 unspecified atom stereocenters. The van der Waals surface area contributed by atoms with E-state index in [4.69, 9.17) is 23.2 Å². The SMILES string of the molecule is Cc1ccc(Cl)cc1Nc1ncnc(N2CCN(c3cccc(Cl)c3)CC2)c1[N+](=O)[O-]. The van der Waals surface area contributed by atoms with E-state index in [1.165, 1.54) is 6.33 Å². The van der Waals surface area contributed by atoms with Crippen LogP contribution in [0, 0.1) is 17.0 Å². The zero-order valence-corrected chi connectivity index (χ0v) is 18.3. The molecule has 160 valence electrons. The minimum atomic E-state index is -0.444. The number of nitro groups is 1. The van der Waals surface area contributed by atoms with Gasteiger partial charge in [0.15, 0.2) is 0 Å². The third kappa shape index (κ3) is 4.65. The van der Waals surface area contributed by atoms with Crippen LogP contribution < -0.4 is 15.1 Å². The van der Waals surface area contributed by atoms with E-state index in [0.29, 0.717) is 47.7 Å². The smallest absolute Gasteiger partial charge is 0.353 e. The molecule has 0 bridgehead atoms. The fourth-order valence-electron chi connectivity index (χ4n) is 3.57. The highest BCUT2D eigenvalue weighted by Gasteiger charge is 2.29. The molecular formula is C21H20Cl2N6O2. The van der Waals surface area contributed by atoms with Gasteiger partial charge in [-0.2, -0.15) is 0 Å². The molecular weight excluding hydrogens is 439 g/mol. The number of aryl methyl sites for hydroxylation is 1. The average Bonchev–Trinajstić information content (AvgIpc) is 2.76. The number of hydrogen-bond acceptors (Lipinski definition) is 7. The van der Waals surface area contributed by atoms with Crippen molar-refractivity contribution in [3.05, 3.63) is 74.5 Å². The average molecular weight is 459 g/mol. The Bertz CT molecular complexity index is 1120. The van der Waals surface area contributed by atoms with Crippen molar-refractivity contribution >= 4 is 51.9 Å². The number of piperazine rings is 1. The van der Waals surface area contributed by atoms with E-state index in [-0.39, 0.29) is 11.5 Å². The predicted octanol–water partition coefficient (Wildman–Crippen LogP) is 5.07. The molecule has 0 radical (unpaired) electrons. The molecule has 0 spiro atoms. The van der Waals surface area contributed by atoms with Crippen LogP contribution in [-0.4, -0.2) is 41.1 Å². The first-order chi connectivity index (χ1) is 14.9. The van der Waals surface area contributed by atoms with Crippen molar-refractivity contribution in [2.45, 2.75) is 6.92 Å². The zero-order valence-electron chi connectivity index (χ0n) is 16.8. The second-order valence-electron chi connectivity index (χ2n) is 7.19. The third-order valence-electron chi connectivity index (χ3n) is 5.19. The molecule has 2 aromatic carbocycles. The molecule has 0 atom stereocenters. The molecule has 4 rings (SSSR count). The Balaban J connectivity index is 1.58. The second-order valence-corrected chi connectivity index (χ2v) is 8.06. The van der Waals surface area contributed by atoms with Gasteiger partial charge in [-0.25, -0.2) is 9.97 Å². The third-order valence-corrected chi connectivity index (χ3v) is 5.66. The van der Waals surface area contributed by atoms with Crippen molar-refractivity contribution < 1.29 is 4.92 Å². The maximum absolute atomic E-state index is 12.0. The first kappa shape index (κ1) is 21.1. The lowest BCUT2D eigenvalue weighted by molar-refractivity contribution is -0.383. The van der Waals surface area contributed by atoms with Crippen LogP contribution in [0.4, 0.5) is 28.7 Å². The van der Waals surface area contributed by atoms with Crippen molar-refractivity contribution in [1.82, 2.24) is 9.97 Å². The van der Waals surface area contributed by atoms with Crippen LogP contribution in [0.25, 0.3) is 0 Å². The van der Waals surface area contributed by atoms with Crippen LogP contribution in [0.3, 0.4) is 0 Å². The predicted molar refractivity (Wildman–Crippen MR) is 124 cm³/mol. The summed E-state index contributed by atoms with van der Waals surface area (Å²) in [6, 6.07) is 13.0. The quantitative estimate of drug-likeness (QED) is 0.421. The van der Waals surface area contributed by atoms with E-state index in [2.05, 4.69) is 20.2 Å². The summed E-state index contributed by atoms with van der Waals surface area (Å²) in [5, 5.41) is 16.2. The van der Waals surface area contributed by atoms with Crippen LogP contribution in [0.15, 0.2) is 48.8 Å². The highest BCUT2D eigenvalue weighted by Crippen LogP contribution is 2.35. The first-order valence-electron chi connectivity index (χ1n) is 9.70. The molecule has 0 aliphatic carbocycles. The van der Waals surface area contributed by atoms with Gasteiger partial charge in [-0.1, -0.05) is 35.3 Å². The highest BCUT2D eigenvalue weighted by atomic mass is 35.5. The molecule has 1 aliphatic rings. The van der Waals surface area contributed by atoms with E-state index >= 15 is 0 Å². The summed E-state index contributed by atoms with van der Waals surface area (Å²) in [5.74, 6) is 0.436. The van der Waals surface area contributed by atoms with Gasteiger partial charge < -0.3 is 15.1 Å². The Labute approximate surface area is 189 Å². The van der Waals surface area contributed by atoms with Crippen LogP contribution >= 0.6 is 23.2 Å². The van der Waals surface area contributed by atoms with Gasteiger partial charge in [0.2, 0.25) is 11.6 Å². The van der Waals surface area contributed by atoms with Crippen LogP contribution in [0.5, 0.6) is 0 Å². The maximum atomic E-state index is 12.0. The molecule has 1 aliphatic heterocycles. The van der Waals surface area contributed by atoms with Gasteiger partial charge in [-0.3, -0.25) is 10.1 Å². The second kappa shape index (κ2) is 8.95. The highest BCUT2D eigenvalue weighted by molar-refractivity contribution is 6.31. The topological polar surface area (TPSA) is 87.4 Å². The minimum Gasteiger partial charge on any atom is -0.368 e. The van der Waals surface area contributed by atoms with Gasteiger partial charge >= 0.3 is 5.69 Å². The van der Waals surface area contributed by atoms with E-state index in [1.54, 1.807) is 12.1 Å². The lowest BCUT2D eigenvalue weighted by Crippen LogP contribution is -2.47. The maximum Gasteiger partial charge on any atom is 0.353 e. The van der Waals surface area contributed by atoms with Gasteiger partial charge in [-0.05, 0) is 42.8 Å².